The summed E-state index contributed by atoms with van der Waals surface area (Å²) >= 11 is 0. The molecule has 0 saturated heterocycles. The highest BCUT2D eigenvalue weighted by Crippen LogP contribution is 2.24. The van der Waals surface area contributed by atoms with E-state index in [1.165, 1.54) is 6.42 Å². The average Bonchev–Trinajstić information content (AvgIpc) is 3.05. The van der Waals surface area contributed by atoms with Crippen molar-refractivity contribution in [2.75, 3.05) is 6.61 Å². The van der Waals surface area contributed by atoms with Gasteiger partial charge in [-0.3, -0.25) is 9.59 Å². The summed E-state index contributed by atoms with van der Waals surface area (Å²) in [6.07, 6.45) is 8.77. The van der Waals surface area contributed by atoms with E-state index in [1.54, 1.807) is 0 Å². The van der Waals surface area contributed by atoms with Gasteiger partial charge in [0.15, 0.2) is 12.4 Å². The topological polar surface area (TPSA) is 69.7 Å². The summed E-state index contributed by atoms with van der Waals surface area (Å²) in [5, 5.41) is 0. The van der Waals surface area contributed by atoms with Gasteiger partial charge in [-0.05, 0) is 38.5 Å². The molecule has 2 aliphatic rings. The lowest BCUT2D eigenvalue weighted by molar-refractivity contribution is -0.151. The van der Waals surface area contributed by atoms with Crippen LogP contribution in [0.5, 0.6) is 0 Å². The Bertz CT molecular complexity index is 456. The number of hydrogen-bond acceptors (Lipinski definition) is 5. The Morgan fingerprint density at radius 2 is 1.52 bits per heavy atom. The normalized spacial score (nSPS) is 19.3. The molecular formula is C18H26O5. The summed E-state index contributed by atoms with van der Waals surface area (Å²) in [6, 6.07) is 0. The standard InChI is InChI=1S/C18H26O5/c1-13(11-17(20)23-15-9-5-6-10-15)18(21)22-12-16(19)14-7-3-2-4-8-14/h14-15H,1-12H2. The molecule has 0 spiro atoms. The number of rotatable bonds is 7. The van der Waals surface area contributed by atoms with Crippen LogP contribution in [0.2, 0.25) is 0 Å². The van der Waals surface area contributed by atoms with Crippen molar-refractivity contribution >= 4 is 17.7 Å². The Morgan fingerprint density at radius 1 is 0.913 bits per heavy atom. The molecule has 2 rings (SSSR count). The summed E-state index contributed by atoms with van der Waals surface area (Å²) in [5.74, 6) is -1.15. The fraction of sp³-hybridized carbons (Fsp3) is 0.722. The van der Waals surface area contributed by atoms with Crippen LogP contribution in [-0.4, -0.2) is 30.4 Å². The monoisotopic (exact) mass is 322 g/mol. The fourth-order valence-corrected chi connectivity index (χ4v) is 3.26. The van der Waals surface area contributed by atoms with E-state index in [9.17, 15) is 14.4 Å². The fourth-order valence-electron chi connectivity index (χ4n) is 3.26. The van der Waals surface area contributed by atoms with E-state index in [-0.39, 0.29) is 36.4 Å². The van der Waals surface area contributed by atoms with Gasteiger partial charge >= 0.3 is 11.9 Å². The second-order valence-electron chi connectivity index (χ2n) is 6.55. The van der Waals surface area contributed by atoms with Crippen molar-refractivity contribution in [3.05, 3.63) is 12.2 Å². The van der Waals surface area contributed by atoms with Gasteiger partial charge in [0.1, 0.15) is 6.10 Å². The zero-order chi connectivity index (χ0) is 16.7. The Labute approximate surface area is 137 Å². The summed E-state index contributed by atoms with van der Waals surface area (Å²) in [6.45, 7) is 3.35. The second kappa shape index (κ2) is 8.85. The number of Topliss-reactive ketones (excluding diaryl/α,β-unsaturated/α-hetero) is 1. The van der Waals surface area contributed by atoms with E-state index in [2.05, 4.69) is 6.58 Å². The minimum Gasteiger partial charge on any atom is -0.462 e. The predicted octanol–water partition coefficient (Wildman–Crippen LogP) is 3.11. The lowest BCUT2D eigenvalue weighted by Crippen LogP contribution is -2.25. The molecule has 0 aromatic rings. The number of ether oxygens (including phenoxy) is 2. The van der Waals surface area contributed by atoms with Crippen LogP contribution in [0.25, 0.3) is 0 Å². The quantitative estimate of drug-likeness (QED) is 0.532. The molecule has 0 unspecified atom stereocenters. The molecular weight excluding hydrogens is 296 g/mol. The molecule has 2 aliphatic carbocycles. The number of carbonyl (C=O) groups is 3. The molecule has 0 bridgehead atoms. The first-order valence-corrected chi connectivity index (χ1v) is 8.63. The number of ketones is 1. The van der Waals surface area contributed by atoms with E-state index in [1.807, 2.05) is 0 Å². The molecule has 2 fully saturated rings. The van der Waals surface area contributed by atoms with E-state index in [0.29, 0.717) is 0 Å². The van der Waals surface area contributed by atoms with Gasteiger partial charge in [0, 0.05) is 11.5 Å². The maximum absolute atomic E-state index is 12.0. The number of esters is 2. The zero-order valence-corrected chi connectivity index (χ0v) is 13.7. The molecule has 0 amide bonds. The minimum absolute atomic E-state index is 0.0112. The van der Waals surface area contributed by atoms with Crippen molar-refractivity contribution in [1.82, 2.24) is 0 Å². The van der Waals surface area contributed by atoms with Crippen LogP contribution in [-0.2, 0) is 23.9 Å². The molecule has 0 radical (unpaired) electrons. The van der Waals surface area contributed by atoms with Crippen molar-refractivity contribution in [3.8, 4) is 0 Å². The lowest BCUT2D eigenvalue weighted by Gasteiger charge is -2.20. The Morgan fingerprint density at radius 3 is 2.17 bits per heavy atom. The first-order valence-electron chi connectivity index (χ1n) is 8.63. The van der Waals surface area contributed by atoms with Crippen LogP contribution < -0.4 is 0 Å². The van der Waals surface area contributed by atoms with E-state index >= 15 is 0 Å². The first-order chi connectivity index (χ1) is 11.1. The van der Waals surface area contributed by atoms with Crippen LogP contribution in [0.3, 0.4) is 0 Å². The summed E-state index contributed by atoms with van der Waals surface area (Å²) in [7, 11) is 0. The van der Waals surface area contributed by atoms with Crippen molar-refractivity contribution in [1.29, 1.82) is 0 Å². The van der Waals surface area contributed by atoms with Crippen LogP contribution >= 0.6 is 0 Å². The Hall–Kier alpha value is -1.65. The minimum atomic E-state index is -0.683. The second-order valence-corrected chi connectivity index (χ2v) is 6.55. The highest BCUT2D eigenvalue weighted by Gasteiger charge is 2.24. The third-order valence-electron chi connectivity index (χ3n) is 4.65. The van der Waals surface area contributed by atoms with Crippen molar-refractivity contribution in [2.24, 2.45) is 5.92 Å². The summed E-state index contributed by atoms with van der Waals surface area (Å²) in [5.41, 5.74) is 0.0458. The molecule has 128 valence electrons. The highest BCUT2D eigenvalue weighted by atomic mass is 16.5. The highest BCUT2D eigenvalue weighted by molar-refractivity contribution is 5.94. The molecule has 0 atom stereocenters. The molecule has 0 N–H and O–H groups in total. The molecule has 5 heteroatoms. The zero-order valence-electron chi connectivity index (χ0n) is 13.7. The van der Waals surface area contributed by atoms with Crippen LogP contribution in [0, 0.1) is 5.92 Å². The average molecular weight is 322 g/mol. The van der Waals surface area contributed by atoms with Gasteiger partial charge in [-0.25, -0.2) is 4.79 Å². The van der Waals surface area contributed by atoms with E-state index in [0.717, 1.165) is 51.4 Å². The number of carbonyl (C=O) groups excluding carboxylic acids is 3. The van der Waals surface area contributed by atoms with Crippen LogP contribution in [0.1, 0.15) is 64.2 Å². The molecule has 5 nitrogen and oxygen atoms in total. The SMILES string of the molecule is C=C(CC(=O)OC1CCCC1)C(=O)OCC(=O)C1CCCCC1. The Kier molecular flexibility index (Phi) is 6.81. The molecule has 0 aliphatic heterocycles. The van der Waals surface area contributed by atoms with Gasteiger partial charge in [-0.1, -0.05) is 25.8 Å². The molecule has 0 aromatic heterocycles. The molecule has 23 heavy (non-hydrogen) atoms. The van der Waals surface area contributed by atoms with Gasteiger partial charge in [0.2, 0.25) is 0 Å². The van der Waals surface area contributed by atoms with Crippen LogP contribution in [0.15, 0.2) is 12.2 Å². The van der Waals surface area contributed by atoms with E-state index < -0.39 is 11.9 Å². The Balaban J connectivity index is 1.66. The van der Waals surface area contributed by atoms with Gasteiger partial charge in [-0.2, -0.15) is 0 Å². The van der Waals surface area contributed by atoms with Crippen LogP contribution in [0.4, 0.5) is 0 Å². The van der Waals surface area contributed by atoms with Gasteiger partial charge in [0.05, 0.1) is 6.42 Å². The first kappa shape index (κ1) is 17.7. The predicted molar refractivity (Wildman–Crippen MR) is 84.6 cm³/mol. The van der Waals surface area contributed by atoms with Crippen molar-refractivity contribution in [3.63, 3.8) is 0 Å². The third-order valence-corrected chi connectivity index (χ3v) is 4.65. The lowest BCUT2D eigenvalue weighted by atomic mass is 9.86. The molecule has 0 heterocycles. The summed E-state index contributed by atoms with van der Waals surface area (Å²) < 4.78 is 10.3. The largest absolute Gasteiger partial charge is 0.462 e. The van der Waals surface area contributed by atoms with E-state index in [4.69, 9.17) is 9.47 Å². The maximum Gasteiger partial charge on any atom is 0.334 e. The summed E-state index contributed by atoms with van der Waals surface area (Å²) in [4.78, 5) is 35.5. The number of hydrogen-bond donors (Lipinski definition) is 0. The van der Waals surface area contributed by atoms with Gasteiger partial charge < -0.3 is 9.47 Å². The molecule has 2 saturated carbocycles. The van der Waals surface area contributed by atoms with Crippen molar-refractivity contribution < 1.29 is 23.9 Å². The van der Waals surface area contributed by atoms with Crippen molar-refractivity contribution in [2.45, 2.75) is 70.3 Å². The smallest absolute Gasteiger partial charge is 0.334 e. The van der Waals surface area contributed by atoms with Gasteiger partial charge in [-0.15, -0.1) is 0 Å². The maximum atomic E-state index is 12.0. The van der Waals surface area contributed by atoms with Gasteiger partial charge in [0.25, 0.3) is 0 Å². The molecule has 0 aromatic carbocycles. The third kappa shape index (κ3) is 5.81.